The molecule has 0 fully saturated rings. The summed E-state index contributed by atoms with van der Waals surface area (Å²) < 4.78 is 6.63. The Hall–Kier alpha value is -3.85. The molecule has 1 aliphatic carbocycles. The number of rotatable bonds is 10. The van der Waals surface area contributed by atoms with Crippen LogP contribution in [0.4, 0.5) is 0 Å². The molecule has 0 heterocycles. The van der Waals surface area contributed by atoms with Crippen molar-refractivity contribution in [2.45, 2.75) is 52.1 Å². The molecule has 0 spiro atoms. The Morgan fingerprint density at radius 2 is 1.38 bits per heavy atom. The van der Waals surface area contributed by atoms with Crippen LogP contribution in [0.25, 0.3) is 0 Å². The molecule has 0 bridgehead atoms. The maximum absolute atomic E-state index is 13.8. The number of ether oxygens (including phenoxy) is 1. The second-order valence-corrected chi connectivity index (χ2v) is 9.47. The first-order valence-corrected chi connectivity index (χ1v) is 13.2. The molecule has 37 heavy (non-hydrogen) atoms. The maximum Gasteiger partial charge on any atom is 0.227 e. The van der Waals surface area contributed by atoms with E-state index in [1.807, 2.05) is 80.3 Å². The summed E-state index contributed by atoms with van der Waals surface area (Å²) in [6, 6.07) is 30.9. The molecular weight excluding hydrogens is 454 g/mol. The highest BCUT2D eigenvalue weighted by atomic mass is 16.5. The first-order chi connectivity index (χ1) is 18.1. The van der Waals surface area contributed by atoms with Gasteiger partial charge in [-0.1, -0.05) is 109 Å². The first-order valence-electron chi connectivity index (χ1n) is 13.2. The zero-order valence-electron chi connectivity index (χ0n) is 22.1. The van der Waals surface area contributed by atoms with Crippen LogP contribution in [-0.2, 0) is 9.53 Å². The molecule has 0 saturated heterocycles. The van der Waals surface area contributed by atoms with Crippen LogP contribution >= 0.6 is 0 Å². The van der Waals surface area contributed by atoms with Gasteiger partial charge in [-0.2, -0.15) is 0 Å². The topological polar surface area (TPSA) is 29.5 Å². The molecule has 3 aromatic rings. The highest BCUT2D eigenvalue weighted by molar-refractivity contribution is 5.79. The average molecular weight is 492 g/mol. The van der Waals surface area contributed by atoms with E-state index in [1.54, 1.807) is 0 Å². The Morgan fingerprint density at radius 3 is 1.86 bits per heavy atom. The van der Waals surface area contributed by atoms with Crippen LogP contribution in [0.15, 0.2) is 126 Å². The third-order valence-corrected chi connectivity index (χ3v) is 7.09. The normalized spacial score (nSPS) is 14.5. The van der Waals surface area contributed by atoms with Gasteiger partial charge in [-0.05, 0) is 55.9 Å². The van der Waals surface area contributed by atoms with E-state index in [-0.39, 0.29) is 17.9 Å². The van der Waals surface area contributed by atoms with Gasteiger partial charge < -0.3 is 9.64 Å². The standard InChI is InChI=1S/C34H37NO2/c1-4-35(33(36)25-32(28-17-9-5-10-18-28)29-19-11-6-12-20-29)26(2)27(3)37-34(30-21-13-7-14-22-30)31-23-15-8-16-24-31/h5-15,17-23,32,34H,4,16,24-25H2,1-3H3/b27-26-. The fourth-order valence-electron chi connectivity index (χ4n) is 4.96. The summed E-state index contributed by atoms with van der Waals surface area (Å²) in [7, 11) is 0. The number of benzene rings is 3. The molecule has 0 radical (unpaired) electrons. The van der Waals surface area contributed by atoms with E-state index in [4.69, 9.17) is 4.74 Å². The SMILES string of the molecule is CCN(C(=O)CC(c1ccccc1)c1ccccc1)/C(C)=C(/C)OC(C1=CC=CCC1)c1ccccc1. The van der Waals surface area contributed by atoms with Crippen molar-refractivity contribution in [3.63, 3.8) is 0 Å². The molecule has 0 aliphatic heterocycles. The summed E-state index contributed by atoms with van der Waals surface area (Å²) in [6.45, 7) is 6.58. The van der Waals surface area contributed by atoms with E-state index in [2.05, 4.69) is 54.6 Å². The van der Waals surface area contributed by atoms with E-state index >= 15 is 0 Å². The Labute approximate surface area is 221 Å². The van der Waals surface area contributed by atoms with Gasteiger partial charge in [-0.15, -0.1) is 0 Å². The lowest BCUT2D eigenvalue weighted by molar-refractivity contribution is -0.129. The lowest BCUT2D eigenvalue weighted by atomic mass is 9.88. The zero-order chi connectivity index (χ0) is 26.0. The van der Waals surface area contributed by atoms with Crippen LogP contribution < -0.4 is 0 Å². The second kappa shape index (κ2) is 12.9. The van der Waals surface area contributed by atoms with Crippen molar-refractivity contribution >= 4 is 5.91 Å². The lowest BCUT2D eigenvalue weighted by Gasteiger charge is -2.29. The smallest absolute Gasteiger partial charge is 0.227 e. The van der Waals surface area contributed by atoms with Crippen molar-refractivity contribution in [1.82, 2.24) is 4.90 Å². The fourth-order valence-corrected chi connectivity index (χ4v) is 4.96. The molecule has 1 atom stereocenters. The zero-order valence-corrected chi connectivity index (χ0v) is 22.1. The van der Waals surface area contributed by atoms with E-state index in [0.29, 0.717) is 13.0 Å². The molecule has 3 aromatic carbocycles. The van der Waals surface area contributed by atoms with Gasteiger partial charge in [-0.3, -0.25) is 4.79 Å². The van der Waals surface area contributed by atoms with E-state index in [0.717, 1.165) is 41.0 Å². The number of hydrogen-bond donors (Lipinski definition) is 0. The number of carbonyl (C=O) groups is 1. The van der Waals surface area contributed by atoms with Crippen LogP contribution in [0.5, 0.6) is 0 Å². The number of amides is 1. The number of carbonyl (C=O) groups excluding carboxylic acids is 1. The van der Waals surface area contributed by atoms with Crippen LogP contribution in [0.2, 0.25) is 0 Å². The van der Waals surface area contributed by atoms with Gasteiger partial charge in [0.1, 0.15) is 11.9 Å². The number of allylic oxidation sites excluding steroid dienone is 5. The predicted molar refractivity (Wildman–Crippen MR) is 152 cm³/mol. The van der Waals surface area contributed by atoms with Crippen LogP contribution in [0.3, 0.4) is 0 Å². The predicted octanol–water partition coefficient (Wildman–Crippen LogP) is 8.34. The summed E-state index contributed by atoms with van der Waals surface area (Å²) in [5.41, 5.74) is 5.53. The lowest BCUT2D eigenvalue weighted by Crippen LogP contribution is -2.31. The fraction of sp³-hybridized carbons (Fsp3) is 0.265. The number of hydrogen-bond acceptors (Lipinski definition) is 2. The summed E-state index contributed by atoms with van der Waals surface area (Å²) in [4.78, 5) is 15.6. The Balaban J connectivity index is 1.59. The minimum Gasteiger partial charge on any atom is -0.484 e. The van der Waals surface area contributed by atoms with Gasteiger partial charge in [-0.25, -0.2) is 0 Å². The molecule has 3 heteroatoms. The molecule has 4 rings (SSSR count). The highest BCUT2D eigenvalue weighted by Gasteiger charge is 2.25. The van der Waals surface area contributed by atoms with Crippen molar-refractivity contribution < 1.29 is 9.53 Å². The van der Waals surface area contributed by atoms with Crippen molar-refractivity contribution in [1.29, 1.82) is 0 Å². The highest BCUT2D eigenvalue weighted by Crippen LogP contribution is 2.34. The third-order valence-electron chi connectivity index (χ3n) is 7.09. The molecule has 1 amide bonds. The maximum atomic E-state index is 13.8. The molecule has 3 nitrogen and oxygen atoms in total. The Kier molecular flexibility index (Phi) is 9.15. The van der Waals surface area contributed by atoms with Gasteiger partial charge in [0.05, 0.1) is 5.70 Å². The van der Waals surface area contributed by atoms with Crippen molar-refractivity contribution in [2.75, 3.05) is 6.54 Å². The molecule has 1 aliphatic rings. The van der Waals surface area contributed by atoms with Crippen LogP contribution in [0.1, 0.15) is 68.7 Å². The Bertz CT molecular complexity index is 1200. The largest absolute Gasteiger partial charge is 0.484 e. The van der Waals surface area contributed by atoms with Gasteiger partial charge >= 0.3 is 0 Å². The van der Waals surface area contributed by atoms with Gasteiger partial charge in [0.25, 0.3) is 0 Å². The third kappa shape index (κ3) is 6.68. The minimum atomic E-state index is -0.170. The molecule has 1 unspecified atom stereocenters. The van der Waals surface area contributed by atoms with Crippen LogP contribution in [0, 0.1) is 0 Å². The summed E-state index contributed by atoms with van der Waals surface area (Å²) in [5.74, 6) is 0.862. The summed E-state index contributed by atoms with van der Waals surface area (Å²) >= 11 is 0. The molecule has 0 aromatic heterocycles. The molecule has 0 saturated carbocycles. The van der Waals surface area contributed by atoms with Crippen molar-refractivity contribution in [2.24, 2.45) is 0 Å². The van der Waals surface area contributed by atoms with Crippen molar-refractivity contribution in [3.8, 4) is 0 Å². The summed E-state index contributed by atoms with van der Waals surface area (Å²) in [6.07, 6.45) is 8.67. The molecular formula is C34H37NO2. The van der Waals surface area contributed by atoms with Gasteiger partial charge in [0, 0.05) is 18.9 Å². The van der Waals surface area contributed by atoms with Gasteiger partial charge in [0.15, 0.2) is 0 Å². The number of nitrogens with zero attached hydrogens (tertiary/aromatic N) is 1. The van der Waals surface area contributed by atoms with E-state index < -0.39 is 0 Å². The summed E-state index contributed by atoms with van der Waals surface area (Å²) in [5, 5.41) is 0. The first kappa shape index (κ1) is 26.2. The molecule has 190 valence electrons. The van der Waals surface area contributed by atoms with Crippen molar-refractivity contribution in [3.05, 3.63) is 143 Å². The van der Waals surface area contributed by atoms with E-state index in [1.165, 1.54) is 5.57 Å². The monoisotopic (exact) mass is 491 g/mol. The Morgan fingerprint density at radius 1 is 0.838 bits per heavy atom. The van der Waals surface area contributed by atoms with Crippen LogP contribution in [-0.4, -0.2) is 17.4 Å². The molecule has 0 N–H and O–H groups in total. The second-order valence-electron chi connectivity index (χ2n) is 9.47. The van der Waals surface area contributed by atoms with Gasteiger partial charge in [0.2, 0.25) is 5.91 Å². The minimum absolute atomic E-state index is 0.00535. The average Bonchev–Trinajstić information content (AvgIpc) is 2.96. The quantitative estimate of drug-likeness (QED) is 0.267. The van der Waals surface area contributed by atoms with E-state index in [9.17, 15) is 4.79 Å².